The van der Waals surface area contributed by atoms with Crippen LogP contribution < -0.4 is 4.90 Å². The van der Waals surface area contributed by atoms with Gasteiger partial charge in [-0.05, 0) is 31.5 Å². The molecular weight excluding hydrogens is 345 g/mol. The van der Waals surface area contributed by atoms with Crippen molar-refractivity contribution in [3.05, 3.63) is 40.4 Å². The van der Waals surface area contributed by atoms with E-state index in [1.54, 1.807) is 13.0 Å². The first-order chi connectivity index (χ1) is 10.8. The lowest BCUT2D eigenvalue weighted by Crippen LogP contribution is -2.37. The van der Waals surface area contributed by atoms with Crippen LogP contribution in [0.5, 0.6) is 0 Å². The lowest BCUT2D eigenvalue weighted by atomic mass is 10.0. The van der Waals surface area contributed by atoms with Crippen LogP contribution in [0, 0.1) is 6.92 Å². The Morgan fingerprint density at radius 3 is 2.78 bits per heavy atom. The van der Waals surface area contributed by atoms with E-state index < -0.39 is 17.8 Å². The number of thioether (sulfide) groups is 1. The summed E-state index contributed by atoms with van der Waals surface area (Å²) in [5.74, 6) is 0.689. The fourth-order valence-electron chi connectivity index (χ4n) is 2.48. The molecule has 0 saturated heterocycles. The van der Waals surface area contributed by atoms with Gasteiger partial charge < -0.3 is 0 Å². The van der Waals surface area contributed by atoms with Crippen LogP contribution >= 0.6 is 23.1 Å². The van der Waals surface area contributed by atoms with E-state index in [0.717, 1.165) is 21.3 Å². The third kappa shape index (κ3) is 3.10. The van der Waals surface area contributed by atoms with E-state index in [9.17, 15) is 18.0 Å². The topological polar surface area (TPSA) is 33.2 Å². The zero-order chi connectivity index (χ0) is 16.8. The number of carbonyl (C=O) groups is 1. The molecule has 2 heterocycles. The van der Waals surface area contributed by atoms with Gasteiger partial charge in [0.15, 0.2) is 5.82 Å². The molecule has 2 aromatic rings. The van der Waals surface area contributed by atoms with Gasteiger partial charge in [-0.25, -0.2) is 4.98 Å². The minimum atomic E-state index is -4.40. The first kappa shape index (κ1) is 16.3. The average molecular weight is 358 g/mol. The van der Waals surface area contributed by atoms with Gasteiger partial charge in [-0.2, -0.15) is 13.2 Å². The fraction of sp³-hybridized carbons (Fsp3) is 0.333. The number of halogens is 3. The Labute approximate surface area is 139 Å². The van der Waals surface area contributed by atoms with Crippen molar-refractivity contribution in [2.75, 3.05) is 10.7 Å². The van der Waals surface area contributed by atoms with Gasteiger partial charge in [0.05, 0.1) is 22.4 Å². The second kappa shape index (κ2) is 5.83. The third-order valence-electron chi connectivity index (χ3n) is 3.59. The molecule has 1 unspecified atom stereocenters. The molecule has 0 bridgehead atoms. The highest BCUT2D eigenvalue weighted by Crippen LogP contribution is 2.43. The summed E-state index contributed by atoms with van der Waals surface area (Å²) in [6.07, 6.45) is -4.40. The normalized spacial score (nSPS) is 16.4. The predicted octanol–water partition coefficient (Wildman–Crippen LogP) is 4.67. The Kier molecular flexibility index (Phi) is 4.14. The van der Waals surface area contributed by atoms with E-state index >= 15 is 0 Å². The zero-order valence-electron chi connectivity index (χ0n) is 12.3. The monoisotopic (exact) mass is 358 g/mol. The van der Waals surface area contributed by atoms with Crippen molar-refractivity contribution in [3.8, 4) is 0 Å². The summed E-state index contributed by atoms with van der Waals surface area (Å²) in [6.45, 7) is 3.57. The maximum atomic E-state index is 12.9. The zero-order valence-corrected chi connectivity index (χ0v) is 14.0. The van der Waals surface area contributed by atoms with E-state index in [4.69, 9.17) is 0 Å². The molecular formula is C15H13F3N2OS2. The first-order valence-electron chi connectivity index (χ1n) is 6.87. The predicted molar refractivity (Wildman–Crippen MR) is 84.9 cm³/mol. The molecule has 0 radical (unpaired) electrons. The summed E-state index contributed by atoms with van der Waals surface area (Å²) >= 11 is 2.92. The van der Waals surface area contributed by atoms with Crippen molar-refractivity contribution in [3.63, 3.8) is 0 Å². The lowest BCUT2D eigenvalue weighted by molar-refractivity contribution is -0.137. The maximum absolute atomic E-state index is 12.9. The second-order valence-corrected chi connectivity index (χ2v) is 7.64. The molecule has 1 amide bonds. The van der Waals surface area contributed by atoms with Crippen molar-refractivity contribution in [1.82, 2.24) is 4.98 Å². The van der Waals surface area contributed by atoms with Crippen LogP contribution in [0.15, 0.2) is 28.5 Å². The van der Waals surface area contributed by atoms with Crippen LogP contribution in [0.1, 0.15) is 29.1 Å². The number of anilines is 1. The largest absolute Gasteiger partial charge is 0.416 e. The number of alkyl halides is 3. The van der Waals surface area contributed by atoms with Gasteiger partial charge in [-0.3, -0.25) is 9.69 Å². The Balaban J connectivity index is 2.00. The molecule has 23 heavy (non-hydrogen) atoms. The quantitative estimate of drug-likeness (QED) is 0.782. The number of amides is 1. The van der Waals surface area contributed by atoms with E-state index in [1.165, 1.54) is 34.1 Å². The lowest BCUT2D eigenvalue weighted by Gasteiger charge is -2.31. The smallest absolute Gasteiger partial charge is 0.287 e. The molecule has 1 aliphatic rings. The number of benzene rings is 1. The molecule has 3 nitrogen and oxygen atoms in total. The molecule has 0 N–H and O–H groups in total. The van der Waals surface area contributed by atoms with Crippen molar-refractivity contribution in [1.29, 1.82) is 0 Å². The van der Waals surface area contributed by atoms with Crippen LogP contribution in [-0.4, -0.2) is 16.6 Å². The van der Waals surface area contributed by atoms with Gasteiger partial charge >= 0.3 is 6.18 Å². The highest BCUT2D eigenvalue weighted by molar-refractivity contribution is 8.02. The van der Waals surface area contributed by atoms with E-state index in [2.05, 4.69) is 4.98 Å². The van der Waals surface area contributed by atoms with E-state index in [-0.39, 0.29) is 11.7 Å². The highest BCUT2D eigenvalue weighted by Gasteiger charge is 2.34. The second-order valence-electron chi connectivity index (χ2n) is 5.20. The summed E-state index contributed by atoms with van der Waals surface area (Å²) < 4.78 is 39.6. The van der Waals surface area contributed by atoms with Crippen molar-refractivity contribution in [2.24, 2.45) is 0 Å². The number of nitrogens with zero attached hydrogens (tertiary/aromatic N) is 2. The van der Waals surface area contributed by atoms with Crippen LogP contribution in [-0.2, 0) is 11.0 Å². The Bertz CT molecular complexity index is 757. The van der Waals surface area contributed by atoms with E-state index in [1.807, 2.05) is 6.92 Å². The Hall–Kier alpha value is -1.54. The molecule has 0 saturated carbocycles. The van der Waals surface area contributed by atoms with Crippen molar-refractivity contribution in [2.45, 2.75) is 30.3 Å². The fourth-order valence-corrected chi connectivity index (χ4v) is 4.56. The standard InChI is InChI=1S/C15H13F3N2OS2/c1-8(10-4-3-5-11(6-10)15(16,17)18)20-12(21)7-22-14-13(20)19-9(2)23-14/h3-6,8H,7H2,1-2H3. The molecule has 0 fully saturated rings. The van der Waals surface area contributed by atoms with Crippen LogP contribution in [0.4, 0.5) is 19.0 Å². The molecule has 3 rings (SSSR count). The molecule has 1 aromatic carbocycles. The minimum absolute atomic E-state index is 0.141. The molecule has 1 aromatic heterocycles. The third-order valence-corrected chi connectivity index (χ3v) is 5.79. The van der Waals surface area contributed by atoms with Gasteiger partial charge in [0.1, 0.15) is 4.21 Å². The highest BCUT2D eigenvalue weighted by atomic mass is 32.2. The molecule has 1 atom stereocenters. The number of aryl methyl sites for hydroxylation is 1. The van der Waals surface area contributed by atoms with Crippen molar-refractivity contribution < 1.29 is 18.0 Å². The number of carbonyl (C=O) groups excluding carboxylic acids is 1. The maximum Gasteiger partial charge on any atom is 0.416 e. The molecule has 8 heteroatoms. The van der Waals surface area contributed by atoms with Gasteiger partial charge in [0, 0.05) is 0 Å². The molecule has 0 aliphatic carbocycles. The van der Waals surface area contributed by atoms with Crippen LogP contribution in [0.3, 0.4) is 0 Å². The van der Waals surface area contributed by atoms with Crippen LogP contribution in [0.25, 0.3) is 0 Å². The number of hydrogen-bond donors (Lipinski definition) is 0. The number of fused-ring (bicyclic) bond motifs is 1. The molecule has 1 aliphatic heterocycles. The summed E-state index contributed by atoms with van der Waals surface area (Å²) in [5, 5.41) is 0.832. The average Bonchev–Trinajstić information content (AvgIpc) is 2.86. The first-order valence-corrected chi connectivity index (χ1v) is 8.67. The molecule has 122 valence electrons. The van der Waals surface area contributed by atoms with E-state index in [0.29, 0.717) is 11.4 Å². The minimum Gasteiger partial charge on any atom is -0.287 e. The Morgan fingerprint density at radius 2 is 2.09 bits per heavy atom. The van der Waals surface area contributed by atoms with Gasteiger partial charge in [0.25, 0.3) is 0 Å². The summed E-state index contributed by atoms with van der Waals surface area (Å²) in [6, 6.07) is 4.59. The van der Waals surface area contributed by atoms with Gasteiger partial charge in [0.2, 0.25) is 5.91 Å². The number of thiazole rings is 1. The van der Waals surface area contributed by atoms with Crippen molar-refractivity contribution >= 4 is 34.8 Å². The number of rotatable bonds is 2. The van der Waals surface area contributed by atoms with Crippen LogP contribution in [0.2, 0.25) is 0 Å². The van der Waals surface area contributed by atoms with Gasteiger partial charge in [-0.1, -0.05) is 12.1 Å². The number of aromatic nitrogens is 1. The van der Waals surface area contributed by atoms with Gasteiger partial charge in [-0.15, -0.1) is 23.1 Å². The summed E-state index contributed by atoms with van der Waals surface area (Å²) in [7, 11) is 0. The summed E-state index contributed by atoms with van der Waals surface area (Å²) in [4.78, 5) is 18.2. The Morgan fingerprint density at radius 1 is 1.35 bits per heavy atom. The molecule has 0 spiro atoms. The number of hydrogen-bond acceptors (Lipinski definition) is 4. The SMILES string of the molecule is Cc1nc2c(s1)SCC(=O)N2C(C)c1cccc(C(F)(F)F)c1. The summed E-state index contributed by atoms with van der Waals surface area (Å²) in [5.41, 5.74) is -0.271.